The fourth-order valence-electron chi connectivity index (χ4n) is 2.46. The minimum atomic E-state index is -0.945. The first-order chi connectivity index (χ1) is 9.56. The van der Waals surface area contributed by atoms with Crippen molar-refractivity contribution in [1.82, 2.24) is 4.90 Å². The van der Waals surface area contributed by atoms with E-state index in [9.17, 15) is 14.7 Å². The van der Waals surface area contributed by atoms with Crippen molar-refractivity contribution in [2.24, 2.45) is 5.92 Å². The molecule has 6 nitrogen and oxygen atoms in total. The zero-order valence-corrected chi connectivity index (χ0v) is 11.3. The van der Waals surface area contributed by atoms with Crippen LogP contribution >= 0.6 is 0 Å². The molecule has 1 aromatic carbocycles. The summed E-state index contributed by atoms with van der Waals surface area (Å²) in [5, 5.41) is 9.19. The lowest BCUT2D eigenvalue weighted by molar-refractivity contribution is -0.142. The first kappa shape index (κ1) is 14.3. The molecule has 3 N–H and O–H groups in total. The van der Waals surface area contributed by atoms with E-state index in [4.69, 9.17) is 10.5 Å². The van der Waals surface area contributed by atoms with Gasteiger partial charge in [0, 0.05) is 12.2 Å². The average molecular weight is 278 g/mol. The maximum Gasteiger partial charge on any atom is 0.311 e. The molecule has 0 saturated carbocycles. The van der Waals surface area contributed by atoms with Crippen LogP contribution in [0.1, 0.15) is 17.3 Å². The number of benzene rings is 1. The SMILES string of the molecule is CCN(C(=O)c1ccccc1N)C1COCC1C(=O)O. The number of likely N-dealkylation sites (N-methyl/N-ethyl adjacent to an activating group) is 1. The van der Waals surface area contributed by atoms with Crippen LogP contribution in [0.5, 0.6) is 0 Å². The van der Waals surface area contributed by atoms with Crippen molar-refractivity contribution in [2.75, 3.05) is 25.5 Å². The van der Waals surface area contributed by atoms with Crippen molar-refractivity contribution in [2.45, 2.75) is 13.0 Å². The molecule has 1 amide bonds. The van der Waals surface area contributed by atoms with Gasteiger partial charge >= 0.3 is 5.97 Å². The van der Waals surface area contributed by atoms with E-state index < -0.39 is 17.9 Å². The van der Waals surface area contributed by atoms with Gasteiger partial charge in [-0.2, -0.15) is 0 Å². The van der Waals surface area contributed by atoms with Gasteiger partial charge in [0.1, 0.15) is 5.92 Å². The number of para-hydroxylation sites is 1. The molecule has 0 bridgehead atoms. The number of carbonyl (C=O) groups excluding carboxylic acids is 1. The molecule has 2 atom stereocenters. The summed E-state index contributed by atoms with van der Waals surface area (Å²) in [4.78, 5) is 25.3. The fraction of sp³-hybridized carbons (Fsp3) is 0.429. The molecule has 2 rings (SSSR count). The van der Waals surface area contributed by atoms with E-state index >= 15 is 0 Å². The highest BCUT2D eigenvalue weighted by atomic mass is 16.5. The second-order valence-electron chi connectivity index (χ2n) is 4.73. The van der Waals surface area contributed by atoms with Gasteiger partial charge in [0.25, 0.3) is 5.91 Å². The van der Waals surface area contributed by atoms with Crippen LogP contribution in [-0.2, 0) is 9.53 Å². The van der Waals surface area contributed by atoms with Crippen LogP contribution in [-0.4, -0.2) is 47.7 Å². The molecule has 108 valence electrons. The third-order valence-corrected chi connectivity index (χ3v) is 3.56. The average Bonchev–Trinajstić information content (AvgIpc) is 2.89. The van der Waals surface area contributed by atoms with E-state index in [1.807, 2.05) is 6.92 Å². The van der Waals surface area contributed by atoms with Gasteiger partial charge in [0.15, 0.2) is 0 Å². The van der Waals surface area contributed by atoms with Crippen LogP contribution in [0.3, 0.4) is 0 Å². The topological polar surface area (TPSA) is 92.9 Å². The molecule has 0 spiro atoms. The fourth-order valence-corrected chi connectivity index (χ4v) is 2.46. The Morgan fingerprint density at radius 3 is 2.70 bits per heavy atom. The maximum absolute atomic E-state index is 12.5. The van der Waals surface area contributed by atoms with Crippen molar-refractivity contribution in [3.05, 3.63) is 29.8 Å². The first-order valence-corrected chi connectivity index (χ1v) is 6.52. The van der Waals surface area contributed by atoms with Crippen molar-refractivity contribution >= 4 is 17.6 Å². The lowest BCUT2D eigenvalue weighted by Gasteiger charge is -2.29. The number of carboxylic acids is 1. The Bertz CT molecular complexity index is 518. The first-order valence-electron chi connectivity index (χ1n) is 6.52. The number of carbonyl (C=O) groups is 2. The lowest BCUT2D eigenvalue weighted by atomic mass is 10.0. The Balaban J connectivity index is 2.26. The summed E-state index contributed by atoms with van der Waals surface area (Å²) >= 11 is 0. The monoisotopic (exact) mass is 278 g/mol. The van der Waals surface area contributed by atoms with Crippen LogP contribution in [0.2, 0.25) is 0 Å². The Labute approximate surface area is 117 Å². The van der Waals surface area contributed by atoms with E-state index in [1.165, 1.54) is 4.90 Å². The van der Waals surface area contributed by atoms with Gasteiger partial charge in [0.05, 0.1) is 24.8 Å². The van der Waals surface area contributed by atoms with Crippen molar-refractivity contribution in [3.8, 4) is 0 Å². The minimum Gasteiger partial charge on any atom is -0.481 e. The highest BCUT2D eigenvalue weighted by molar-refractivity contribution is 5.99. The molecule has 1 fully saturated rings. The zero-order valence-electron chi connectivity index (χ0n) is 11.3. The number of hydrogen-bond donors (Lipinski definition) is 2. The standard InChI is InChI=1S/C14H18N2O4/c1-2-16(12-8-20-7-10(12)14(18)19)13(17)9-5-3-4-6-11(9)15/h3-6,10,12H,2,7-8,15H2,1H3,(H,18,19). The van der Waals surface area contributed by atoms with Gasteiger partial charge < -0.3 is 20.5 Å². The number of hydrogen-bond acceptors (Lipinski definition) is 4. The molecule has 1 aliphatic heterocycles. The normalized spacial score (nSPS) is 21.6. The van der Waals surface area contributed by atoms with E-state index in [1.54, 1.807) is 24.3 Å². The quantitative estimate of drug-likeness (QED) is 0.796. The molecule has 1 heterocycles. The largest absolute Gasteiger partial charge is 0.481 e. The molecular weight excluding hydrogens is 260 g/mol. The highest BCUT2D eigenvalue weighted by Crippen LogP contribution is 2.23. The maximum atomic E-state index is 12.5. The van der Waals surface area contributed by atoms with Crippen LogP contribution < -0.4 is 5.73 Å². The Morgan fingerprint density at radius 1 is 1.40 bits per heavy atom. The summed E-state index contributed by atoms with van der Waals surface area (Å²) in [6.45, 7) is 2.59. The molecule has 0 aromatic heterocycles. The third-order valence-electron chi connectivity index (χ3n) is 3.56. The molecule has 1 saturated heterocycles. The Kier molecular flexibility index (Phi) is 4.24. The Morgan fingerprint density at radius 2 is 2.10 bits per heavy atom. The van der Waals surface area contributed by atoms with Crippen LogP contribution in [0, 0.1) is 5.92 Å². The van der Waals surface area contributed by atoms with E-state index in [0.717, 1.165) is 0 Å². The highest BCUT2D eigenvalue weighted by Gasteiger charge is 2.39. The second-order valence-corrected chi connectivity index (χ2v) is 4.73. The van der Waals surface area contributed by atoms with Gasteiger partial charge in [-0.15, -0.1) is 0 Å². The van der Waals surface area contributed by atoms with Crippen LogP contribution in [0.15, 0.2) is 24.3 Å². The number of aliphatic carboxylic acids is 1. The summed E-state index contributed by atoms with van der Waals surface area (Å²) in [6, 6.07) is 6.33. The predicted octanol–water partition coefficient (Wildman–Crippen LogP) is 0.831. The van der Waals surface area contributed by atoms with Crippen molar-refractivity contribution in [3.63, 3.8) is 0 Å². The van der Waals surface area contributed by atoms with Gasteiger partial charge in [-0.1, -0.05) is 12.1 Å². The molecule has 20 heavy (non-hydrogen) atoms. The molecule has 6 heteroatoms. The van der Waals surface area contributed by atoms with Crippen molar-refractivity contribution in [1.29, 1.82) is 0 Å². The summed E-state index contributed by atoms with van der Waals surface area (Å²) in [5.74, 6) is -1.89. The molecule has 0 aliphatic carbocycles. The summed E-state index contributed by atoms with van der Waals surface area (Å²) < 4.78 is 5.22. The summed E-state index contributed by atoms with van der Waals surface area (Å²) in [5.41, 5.74) is 6.60. The van der Waals surface area contributed by atoms with Gasteiger partial charge in [-0.05, 0) is 19.1 Å². The zero-order chi connectivity index (χ0) is 14.7. The minimum absolute atomic E-state index is 0.133. The predicted molar refractivity (Wildman–Crippen MR) is 73.3 cm³/mol. The van der Waals surface area contributed by atoms with Crippen LogP contribution in [0.4, 0.5) is 5.69 Å². The molecule has 1 aliphatic rings. The Hall–Kier alpha value is -2.08. The molecule has 2 unspecified atom stereocenters. The van der Waals surface area contributed by atoms with Crippen LogP contribution in [0.25, 0.3) is 0 Å². The second kappa shape index (κ2) is 5.92. The number of nitrogen functional groups attached to an aromatic ring is 1. The lowest BCUT2D eigenvalue weighted by Crippen LogP contribution is -2.46. The third kappa shape index (κ3) is 2.60. The number of anilines is 1. The number of rotatable bonds is 4. The number of amides is 1. The number of nitrogens with two attached hydrogens (primary N) is 1. The smallest absolute Gasteiger partial charge is 0.311 e. The molecule has 1 aromatic rings. The van der Waals surface area contributed by atoms with E-state index in [-0.39, 0.29) is 19.1 Å². The molecular formula is C14H18N2O4. The number of carboxylic acid groups (broad SMARTS) is 1. The van der Waals surface area contributed by atoms with E-state index in [0.29, 0.717) is 17.8 Å². The summed E-state index contributed by atoms with van der Waals surface area (Å²) in [6.07, 6.45) is 0. The van der Waals surface area contributed by atoms with E-state index in [2.05, 4.69) is 0 Å². The van der Waals surface area contributed by atoms with Crippen molar-refractivity contribution < 1.29 is 19.4 Å². The van der Waals surface area contributed by atoms with Gasteiger partial charge in [-0.3, -0.25) is 9.59 Å². The van der Waals surface area contributed by atoms with Gasteiger partial charge in [0.2, 0.25) is 0 Å². The van der Waals surface area contributed by atoms with Gasteiger partial charge in [-0.25, -0.2) is 0 Å². The number of nitrogens with zero attached hydrogens (tertiary/aromatic N) is 1. The summed E-state index contributed by atoms with van der Waals surface area (Å²) in [7, 11) is 0. The number of ether oxygens (including phenoxy) is 1. The molecule has 0 radical (unpaired) electrons.